The number of anilines is 2. The van der Waals surface area contributed by atoms with E-state index in [2.05, 4.69) is 25.7 Å². The summed E-state index contributed by atoms with van der Waals surface area (Å²) in [6.45, 7) is 1.87. The van der Waals surface area contributed by atoms with Gasteiger partial charge in [-0.1, -0.05) is 12.1 Å². The molecule has 120 valence electrons. The molecule has 1 amide bonds. The van der Waals surface area contributed by atoms with Gasteiger partial charge < -0.3 is 10.6 Å². The zero-order valence-electron chi connectivity index (χ0n) is 12.8. The van der Waals surface area contributed by atoms with Gasteiger partial charge in [0.2, 0.25) is 5.95 Å². The van der Waals surface area contributed by atoms with Gasteiger partial charge in [0.25, 0.3) is 5.91 Å². The molecule has 1 unspecified atom stereocenters. The number of nitrogens with zero attached hydrogens (tertiary/aromatic N) is 4. The fourth-order valence-corrected chi connectivity index (χ4v) is 3.53. The van der Waals surface area contributed by atoms with E-state index in [0.717, 1.165) is 10.6 Å². The van der Waals surface area contributed by atoms with E-state index in [0.29, 0.717) is 17.3 Å². The van der Waals surface area contributed by atoms with Crippen LogP contribution in [0.15, 0.2) is 59.5 Å². The normalized spacial score (nSPS) is 16.5. The van der Waals surface area contributed by atoms with Crippen molar-refractivity contribution in [2.45, 2.75) is 13.0 Å². The van der Waals surface area contributed by atoms with E-state index in [1.165, 1.54) is 6.33 Å². The van der Waals surface area contributed by atoms with Gasteiger partial charge in [0.05, 0.1) is 5.57 Å². The minimum atomic E-state index is -0.313. The van der Waals surface area contributed by atoms with Crippen molar-refractivity contribution in [1.82, 2.24) is 19.7 Å². The van der Waals surface area contributed by atoms with E-state index in [-0.39, 0.29) is 11.9 Å². The molecule has 0 aromatic carbocycles. The summed E-state index contributed by atoms with van der Waals surface area (Å²) in [5, 5.41) is 12.3. The van der Waals surface area contributed by atoms with Gasteiger partial charge in [0.15, 0.2) is 0 Å². The lowest BCUT2D eigenvalue weighted by Gasteiger charge is -2.27. The molecule has 4 heterocycles. The highest BCUT2D eigenvalue weighted by Crippen LogP contribution is 2.36. The first-order valence-electron chi connectivity index (χ1n) is 7.37. The van der Waals surface area contributed by atoms with E-state index >= 15 is 0 Å². The molecule has 0 bridgehead atoms. The number of hydrogen-bond acceptors (Lipinski definition) is 6. The maximum Gasteiger partial charge on any atom is 0.257 e. The molecule has 3 aromatic rings. The molecule has 0 saturated carbocycles. The Morgan fingerprint density at radius 2 is 2.21 bits per heavy atom. The first kappa shape index (κ1) is 14.6. The van der Waals surface area contributed by atoms with Crippen molar-refractivity contribution in [1.29, 1.82) is 0 Å². The van der Waals surface area contributed by atoms with Gasteiger partial charge in [-0.15, -0.1) is 11.3 Å². The number of thiophene rings is 1. The van der Waals surface area contributed by atoms with Crippen molar-refractivity contribution < 1.29 is 4.79 Å². The van der Waals surface area contributed by atoms with Crippen molar-refractivity contribution in [2.75, 3.05) is 10.6 Å². The first-order valence-corrected chi connectivity index (χ1v) is 8.25. The number of carbonyl (C=O) groups excluding carboxylic acids is 1. The molecule has 4 rings (SSSR count). The van der Waals surface area contributed by atoms with E-state index in [9.17, 15) is 4.79 Å². The summed E-state index contributed by atoms with van der Waals surface area (Å²) in [5.41, 5.74) is 1.35. The van der Waals surface area contributed by atoms with Crippen molar-refractivity contribution in [2.24, 2.45) is 0 Å². The van der Waals surface area contributed by atoms with Crippen LogP contribution in [0.1, 0.15) is 17.8 Å². The molecule has 0 spiro atoms. The standard InChI is InChI=1S/C16H14N6OS/c1-10-13(15(23)21-12-6-2-3-7-17-12)14(11-5-4-8-24-11)22-16(20-10)18-9-19-22/h2-9,14H,1H3,(H,17,21,23)(H,18,19,20). The van der Waals surface area contributed by atoms with Crippen LogP contribution < -0.4 is 10.6 Å². The second-order valence-electron chi connectivity index (χ2n) is 5.28. The zero-order valence-corrected chi connectivity index (χ0v) is 13.6. The van der Waals surface area contributed by atoms with Crippen LogP contribution in [0.3, 0.4) is 0 Å². The van der Waals surface area contributed by atoms with Gasteiger partial charge in [-0.05, 0) is 30.5 Å². The van der Waals surface area contributed by atoms with Crippen LogP contribution in [-0.4, -0.2) is 25.7 Å². The quantitative estimate of drug-likeness (QED) is 0.767. The number of hydrogen-bond donors (Lipinski definition) is 2. The predicted octanol–water partition coefficient (Wildman–Crippen LogP) is 2.66. The molecule has 8 heteroatoms. The van der Waals surface area contributed by atoms with E-state index < -0.39 is 0 Å². The summed E-state index contributed by atoms with van der Waals surface area (Å²) >= 11 is 1.58. The number of pyridine rings is 1. The Labute approximate surface area is 142 Å². The Bertz CT molecular complexity index is 900. The number of aromatic nitrogens is 4. The molecule has 7 nitrogen and oxygen atoms in total. The van der Waals surface area contributed by atoms with Crippen LogP contribution >= 0.6 is 11.3 Å². The molecule has 1 aliphatic heterocycles. The van der Waals surface area contributed by atoms with Crippen LogP contribution in [-0.2, 0) is 4.79 Å². The third-order valence-electron chi connectivity index (χ3n) is 3.76. The second-order valence-corrected chi connectivity index (χ2v) is 6.26. The third-order valence-corrected chi connectivity index (χ3v) is 4.68. The highest BCUT2D eigenvalue weighted by Gasteiger charge is 2.34. The largest absolute Gasteiger partial charge is 0.328 e. The van der Waals surface area contributed by atoms with E-state index in [4.69, 9.17) is 0 Å². The van der Waals surface area contributed by atoms with Crippen molar-refractivity contribution in [3.05, 3.63) is 64.4 Å². The first-order chi connectivity index (χ1) is 11.7. The summed E-state index contributed by atoms with van der Waals surface area (Å²) in [4.78, 5) is 22.3. The van der Waals surface area contributed by atoms with Gasteiger partial charge in [-0.2, -0.15) is 10.1 Å². The maximum absolute atomic E-state index is 12.9. The van der Waals surface area contributed by atoms with Gasteiger partial charge in [-0.3, -0.25) is 4.79 Å². The Kier molecular flexibility index (Phi) is 3.58. The van der Waals surface area contributed by atoms with Gasteiger partial charge in [0, 0.05) is 16.8 Å². The summed E-state index contributed by atoms with van der Waals surface area (Å²) in [7, 11) is 0. The fraction of sp³-hybridized carbons (Fsp3) is 0.125. The molecule has 0 saturated heterocycles. The van der Waals surface area contributed by atoms with Crippen molar-refractivity contribution in [3.63, 3.8) is 0 Å². The van der Waals surface area contributed by atoms with Crippen LogP contribution in [0, 0.1) is 0 Å². The number of amides is 1. The number of carbonyl (C=O) groups is 1. The summed E-state index contributed by atoms with van der Waals surface area (Å²) < 4.78 is 1.73. The average Bonchev–Trinajstić information content (AvgIpc) is 3.25. The number of fused-ring (bicyclic) bond motifs is 1. The number of nitrogens with one attached hydrogen (secondary N) is 2. The Balaban J connectivity index is 1.75. The summed E-state index contributed by atoms with van der Waals surface area (Å²) in [6.07, 6.45) is 3.12. The van der Waals surface area contributed by atoms with E-state index in [1.807, 2.05) is 30.5 Å². The van der Waals surface area contributed by atoms with Crippen LogP contribution in [0.5, 0.6) is 0 Å². The molecule has 2 N–H and O–H groups in total. The molecule has 0 radical (unpaired) electrons. The molecular weight excluding hydrogens is 324 g/mol. The second kappa shape index (κ2) is 5.89. The van der Waals surface area contributed by atoms with Crippen molar-refractivity contribution >= 4 is 29.0 Å². The average molecular weight is 338 g/mol. The van der Waals surface area contributed by atoms with E-state index in [1.54, 1.807) is 34.3 Å². The molecule has 3 aromatic heterocycles. The number of allylic oxidation sites excluding steroid dienone is 1. The lowest BCUT2D eigenvalue weighted by molar-refractivity contribution is -0.113. The van der Waals surface area contributed by atoms with Gasteiger partial charge >= 0.3 is 0 Å². The lowest BCUT2D eigenvalue weighted by atomic mass is 10.0. The highest BCUT2D eigenvalue weighted by molar-refractivity contribution is 7.10. The molecule has 1 atom stereocenters. The smallest absolute Gasteiger partial charge is 0.257 e. The Hall–Kier alpha value is -3.00. The predicted molar refractivity (Wildman–Crippen MR) is 91.7 cm³/mol. The summed E-state index contributed by atoms with van der Waals surface area (Å²) in [6, 6.07) is 9.03. The minimum Gasteiger partial charge on any atom is -0.328 e. The SMILES string of the molecule is CC1=C(C(=O)Nc2ccccn2)C(c2cccs2)n2ncnc2N1. The fourth-order valence-electron chi connectivity index (χ4n) is 2.72. The minimum absolute atomic E-state index is 0.210. The third kappa shape index (κ3) is 2.46. The van der Waals surface area contributed by atoms with Crippen molar-refractivity contribution in [3.8, 4) is 0 Å². The van der Waals surface area contributed by atoms with Crippen LogP contribution in [0.25, 0.3) is 0 Å². The molecule has 0 aliphatic carbocycles. The highest BCUT2D eigenvalue weighted by atomic mass is 32.1. The molecular formula is C16H14N6OS. The van der Waals surface area contributed by atoms with Crippen LogP contribution in [0.2, 0.25) is 0 Å². The number of rotatable bonds is 3. The maximum atomic E-state index is 12.9. The van der Waals surface area contributed by atoms with Crippen LogP contribution in [0.4, 0.5) is 11.8 Å². The topological polar surface area (TPSA) is 84.7 Å². The Morgan fingerprint density at radius 3 is 2.96 bits per heavy atom. The van der Waals surface area contributed by atoms with Gasteiger partial charge in [0.1, 0.15) is 18.2 Å². The Morgan fingerprint density at radius 1 is 1.29 bits per heavy atom. The molecule has 0 fully saturated rings. The summed E-state index contributed by atoms with van der Waals surface area (Å²) in [5.74, 6) is 0.927. The zero-order chi connectivity index (χ0) is 16.5. The monoisotopic (exact) mass is 338 g/mol. The molecule has 24 heavy (non-hydrogen) atoms. The molecule has 1 aliphatic rings. The van der Waals surface area contributed by atoms with Gasteiger partial charge in [-0.25, -0.2) is 9.67 Å². The lowest BCUT2D eigenvalue weighted by Crippen LogP contribution is -2.31.